The van der Waals surface area contributed by atoms with Crippen molar-refractivity contribution in [3.05, 3.63) is 29.3 Å². The summed E-state index contributed by atoms with van der Waals surface area (Å²) in [5.74, 6) is 6.98. The summed E-state index contributed by atoms with van der Waals surface area (Å²) in [6.07, 6.45) is 1.93. The third kappa shape index (κ3) is 3.80. The van der Waals surface area contributed by atoms with Crippen LogP contribution in [0.5, 0.6) is 5.75 Å². The molecule has 2 nitrogen and oxygen atoms in total. The van der Waals surface area contributed by atoms with Gasteiger partial charge in [-0.1, -0.05) is 12.1 Å². The predicted molar refractivity (Wildman–Crippen MR) is 72.2 cm³/mol. The molecule has 0 heterocycles. The van der Waals surface area contributed by atoms with Gasteiger partial charge >= 0.3 is 0 Å². The second kappa shape index (κ2) is 6.98. The summed E-state index contributed by atoms with van der Waals surface area (Å²) in [5, 5.41) is 3.32. The summed E-state index contributed by atoms with van der Waals surface area (Å²) < 4.78 is 5.35. The van der Waals surface area contributed by atoms with E-state index in [0.29, 0.717) is 6.04 Å². The highest BCUT2D eigenvalue weighted by molar-refractivity contribution is 5.37. The van der Waals surface area contributed by atoms with E-state index >= 15 is 0 Å². The Bertz CT molecular complexity index is 415. The number of ether oxygens (including phenoxy) is 1. The highest BCUT2D eigenvalue weighted by Gasteiger charge is 2.10. The molecule has 0 spiro atoms. The van der Waals surface area contributed by atoms with Gasteiger partial charge in [0.2, 0.25) is 0 Å². The Balaban J connectivity index is 2.83. The summed E-state index contributed by atoms with van der Waals surface area (Å²) in [7, 11) is 3.69. The Morgan fingerprint density at radius 1 is 1.41 bits per heavy atom. The normalized spacial score (nSPS) is 11.5. The molecule has 17 heavy (non-hydrogen) atoms. The molecular weight excluding hydrogens is 210 g/mol. The lowest BCUT2D eigenvalue weighted by molar-refractivity contribution is 0.410. The quantitative estimate of drug-likeness (QED) is 0.786. The van der Waals surface area contributed by atoms with Crippen molar-refractivity contribution in [1.29, 1.82) is 0 Å². The first kappa shape index (κ1) is 13.6. The highest BCUT2D eigenvalue weighted by Crippen LogP contribution is 2.25. The van der Waals surface area contributed by atoms with E-state index < -0.39 is 0 Å². The van der Waals surface area contributed by atoms with Crippen molar-refractivity contribution >= 4 is 0 Å². The molecule has 1 aromatic carbocycles. The van der Waals surface area contributed by atoms with Crippen molar-refractivity contribution < 1.29 is 4.74 Å². The zero-order valence-electron chi connectivity index (χ0n) is 11.1. The van der Waals surface area contributed by atoms with Crippen LogP contribution in [-0.2, 0) is 0 Å². The Labute approximate surface area is 104 Å². The summed E-state index contributed by atoms with van der Waals surface area (Å²) in [6, 6.07) is 6.70. The lowest BCUT2D eigenvalue weighted by Gasteiger charge is -2.17. The standard InChI is InChI=1S/C15H21NO/c1-5-6-7-8-14(16-3)13-10-9-12(2)15(11-13)17-4/h9-11,14,16H,7-8H2,1-4H3. The molecule has 2 heteroatoms. The van der Waals surface area contributed by atoms with Gasteiger partial charge in [-0.05, 0) is 44.5 Å². The lowest BCUT2D eigenvalue weighted by atomic mass is 10.0. The van der Waals surface area contributed by atoms with Gasteiger partial charge in [-0.3, -0.25) is 0 Å². The van der Waals surface area contributed by atoms with Crippen molar-refractivity contribution in [2.24, 2.45) is 0 Å². The van der Waals surface area contributed by atoms with Crippen molar-refractivity contribution in [1.82, 2.24) is 5.32 Å². The van der Waals surface area contributed by atoms with Crippen LogP contribution in [0.4, 0.5) is 0 Å². The summed E-state index contributed by atoms with van der Waals surface area (Å²) in [5.41, 5.74) is 2.42. The van der Waals surface area contributed by atoms with Crippen LogP contribution in [0.3, 0.4) is 0 Å². The van der Waals surface area contributed by atoms with Gasteiger partial charge in [0.1, 0.15) is 5.75 Å². The average molecular weight is 231 g/mol. The van der Waals surface area contributed by atoms with E-state index in [1.54, 1.807) is 7.11 Å². The predicted octanol–water partition coefficient (Wildman–Crippen LogP) is 3.07. The van der Waals surface area contributed by atoms with Gasteiger partial charge in [-0.2, -0.15) is 0 Å². The van der Waals surface area contributed by atoms with Crippen molar-refractivity contribution in [2.45, 2.75) is 32.7 Å². The van der Waals surface area contributed by atoms with Crippen LogP contribution in [-0.4, -0.2) is 14.2 Å². The molecule has 0 fully saturated rings. The summed E-state index contributed by atoms with van der Waals surface area (Å²) in [6.45, 7) is 3.93. The van der Waals surface area contributed by atoms with E-state index in [0.717, 1.165) is 18.6 Å². The fraction of sp³-hybridized carbons (Fsp3) is 0.467. The average Bonchev–Trinajstić information content (AvgIpc) is 2.36. The molecule has 0 aliphatic carbocycles. The minimum atomic E-state index is 0.338. The number of hydrogen-bond acceptors (Lipinski definition) is 2. The fourth-order valence-electron chi connectivity index (χ4n) is 1.87. The summed E-state index contributed by atoms with van der Waals surface area (Å²) in [4.78, 5) is 0. The number of rotatable bonds is 5. The maximum Gasteiger partial charge on any atom is 0.122 e. The molecule has 92 valence electrons. The molecule has 0 aliphatic rings. The van der Waals surface area contributed by atoms with E-state index in [-0.39, 0.29) is 0 Å². The molecule has 1 rings (SSSR count). The lowest BCUT2D eigenvalue weighted by Crippen LogP contribution is -2.16. The molecule has 1 atom stereocenters. The maximum atomic E-state index is 5.35. The smallest absolute Gasteiger partial charge is 0.122 e. The Kier molecular flexibility index (Phi) is 5.59. The van der Waals surface area contributed by atoms with Crippen LogP contribution in [0.15, 0.2) is 18.2 Å². The number of benzene rings is 1. The van der Waals surface area contributed by atoms with Gasteiger partial charge in [0.15, 0.2) is 0 Å². The van der Waals surface area contributed by atoms with Crippen LogP contribution in [0.1, 0.15) is 36.9 Å². The van der Waals surface area contributed by atoms with E-state index in [1.807, 2.05) is 14.0 Å². The Morgan fingerprint density at radius 2 is 2.18 bits per heavy atom. The first-order valence-corrected chi connectivity index (χ1v) is 5.94. The molecule has 1 unspecified atom stereocenters. The fourth-order valence-corrected chi connectivity index (χ4v) is 1.87. The third-order valence-electron chi connectivity index (χ3n) is 2.92. The molecule has 1 aromatic rings. The van der Waals surface area contributed by atoms with Crippen molar-refractivity contribution in [3.8, 4) is 17.6 Å². The van der Waals surface area contributed by atoms with Gasteiger partial charge in [0, 0.05) is 12.5 Å². The number of methoxy groups -OCH3 is 1. The molecule has 0 saturated heterocycles. The van der Waals surface area contributed by atoms with Crippen molar-refractivity contribution in [2.75, 3.05) is 14.2 Å². The minimum Gasteiger partial charge on any atom is -0.496 e. The Morgan fingerprint density at radius 3 is 2.76 bits per heavy atom. The SMILES string of the molecule is CC#CCCC(NC)c1ccc(C)c(OC)c1. The third-order valence-corrected chi connectivity index (χ3v) is 2.92. The molecule has 0 aliphatic heterocycles. The molecular formula is C15H21NO. The zero-order valence-corrected chi connectivity index (χ0v) is 11.1. The number of aryl methyl sites for hydroxylation is 1. The summed E-state index contributed by atoms with van der Waals surface area (Å²) >= 11 is 0. The minimum absolute atomic E-state index is 0.338. The van der Waals surface area contributed by atoms with Gasteiger partial charge < -0.3 is 10.1 Å². The molecule has 1 N–H and O–H groups in total. The highest BCUT2D eigenvalue weighted by atomic mass is 16.5. The largest absolute Gasteiger partial charge is 0.496 e. The molecule has 0 bridgehead atoms. The van der Waals surface area contributed by atoms with E-state index in [2.05, 4.69) is 42.3 Å². The van der Waals surface area contributed by atoms with Crippen LogP contribution in [0.2, 0.25) is 0 Å². The second-order valence-corrected chi connectivity index (χ2v) is 4.04. The van der Waals surface area contributed by atoms with E-state index in [9.17, 15) is 0 Å². The van der Waals surface area contributed by atoms with Gasteiger partial charge in [0.05, 0.1) is 7.11 Å². The number of hydrogen-bond donors (Lipinski definition) is 1. The molecule has 0 aromatic heterocycles. The van der Waals surface area contributed by atoms with Gasteiger partial charge in [-0.25, -0.2) is 0 Å². The monoisotopic (exact) mass is 231 g/mol. The molecule has 0 saturated carbocycles. The van der Waals surface area contributed by atoms with Crippen LogP contribution in [0, 0.1) is 18.8 Å². The van der Waals surface area contributed by atoms with Gasteiger partial charge in [0.25, 0.3) is 0 Å². The first-order chi connectivity index (χ1) is 8.22. The first-order valence-electron chi connectivity index (χ1n) is 5.94. The van der Waals surface area contributed by atoms with Crippen molar-refractivity contribution in [3.63, 3.8) is 0 Å². The molecule has 0 amide bonds. The topological polar surface area (TPSA) is 21.3 Å². The number of nitrogens with one attached hydrogen (secondary N) is 1. The molecule has 0 radical (unpaired) electrons. The van der Waals surface area contributed by atoms with E-state index in [1.165, 1.54) is 11.1 Å². The van der Waals surface area contributed by atoms with E-state index in [4.69, 9.17) is 4.74 Å². The maximum absolute atomic E-state index is 5.35. The second-order valence-electron chi connectivity index (χ2n) is 4.04. The van der Waals surface area contributed by atoms with Gasteiger partial charge in [-0.15, -0.1) is 11.8 Å². The zero-order chi connectivity index (χ0) is 12.7. The Hall–Kier alpha value is -1.46. The van der Waals surface area contributed by atoms with Crippen LogP contribution < -0.4 is 10.1 Å². The van der Waals surface area contributed by atoms with Crippen LogP contribution in [0.25, 0.3) is 0 Å². The van der Waals surface area contributed by atoms with Crippen LogP contribution >= 0.6 is 0 Å².